The minimum Gasteiger partial charge on any atom is -0.379 e. The summed E-state index contributed by atoms with van der Waals surface area (Å²) >= 11 is 1.49. The first-order valence-electron chi connectivity index (χ1n) is 10.5. The number of hydrogen-bond acceptors (Lipinski definition) is 6. The van der Waals surface area contributed by atoms with Crippen molar-refractivity contribution in [2.75, 3.05) is 38.2 Å². The van der Waals surface area contributed by atoms with Gasteiger partial charge in [0, 0.05) is 42.8 Å². The number of carbonyl (C=O) groups is 1. The molecule has 2 N–H and O–H groups in total. The van der Waals surface area contributed by atoms with E-state index < -0.39 is 0 Å². The zero-order chi connectivity index (χ0) is 20.2. The van der Waals surface area contributed by atoms with E-state index in [0.717, 1.165) is 87.7 Å². The summed E-state index contributed by atoms with van der Waals surface area (Å²) < 4.78 is 5.40. The van der Waals surface area contributed by atoms with Gasteiger partial charge in [-0.25, -0.2) is 9.78 Å². The number of H-pyrrole nitrogens is 1. The van der Waals surface area contributed by atoms with Gasteiger partial charge < -0.3 is 9.64 Å². The number of ether oxygens (including phenoxy) is 1. The molecule has 2 saturated heterocycles. The van der Waals surface area contributed by atoms with Crippen LogP contribution in [0, 0.1) is 13.8 Å². The maximum atomic E-state index is 13.2. The van der Waals surface area contributed by atoms with Gasteiger partial charge in [0.05, 0.1) is 30.6 Å². The first kappa shape index (κ1) is 20.3. The Labute approximate surface area is 175 Å². The molecular weight excluding hydrogens is 388 g/mol. The van der Waals surface area contributed by atoms with Gasteiger partial charge in [0.25, 0.3) is 0 Å². The third-order valence-electron chi connectivity index (χ3n) is 5.79. The maximum absolute atomic E-state index is 13.2. The highest BCUT2D eigenvalue weighted by atomic mass is 32.1. The molecule has 8 nitrogen and oxygen atoms in total. The van der Waals surface area contributed by atoms with Crippen LogP contribution in [0.4, 0.5) is 9.93 Å². The van der Waals surface area contributed by atoms with E-state index >= 15 is 0 Å². The Kier molecular flexibility index (Phi) is 6.46. The minimum absolute atomic E-state index is 0.0593. The average molecular weight is 419 g/mol. The second-order valence-corrected chi connectivity index (χ2v) is 8.73. The molecule has 0 radical (unpaired) electrons. The summed E-state index contributed by atoms with van der Waals surface area (Å²) in [7, 11) is 0. The summed E-state index contributed by atoms with van der Waals surface area (Å²) in [5.74, 6) is 0. The lowest BCUT2D eigenvalue weighted by atomic mass is 9.99. The van der Waals surface area contributed by atoms with Gasteiger partial charge in [-0.05, 0) is 26.7 Å². The second-order valence-electron chi connectivity index (χ2n) is 7.87. The molecule has 1 atom stereocenters. The molecule has 2 aliphatic heterocycles. The monoisotopic (exact) mass is 418 g/mol. The second kappa shape index (κ2) is 9.23. The molecule has 0 spiro atoms. The van der Waals surface area contributed by atoms with Crippen molar-refractivity contribution < 1.29 is 9.53 Å². The first-order valence-corrected chi connectivity index (χ1v) is 11.3. The van der Waals surface area contributed by atoms with Crippen molar-refractivity contribution in [3.8, 4) is 0 Å². The molecule has 0 aliphatic carbocycles. The SMILES string of the molecule is Cc1n[nH]c(C)c1[C@H]1CCCCCN1C(=O)Nc1nc(CN2CCOCC2)cs1. The van der Waals surface area contributed by atoms with E-state index in [9.17, 15) is 4.79 Å². The largest absolute Gasteiger partial charge is 0.379 e. The number of likely N-dealkylation sites (tertiary alicyclic amines) is 1. The quantitative estimate of drug-likeness (QED) is 0.794. The topological polar surface area (TPSA) is 86.4 Å². The van der Waals surface area contributed by atoms with Gasteiger partial charge in [-0.2, -0.15) is 5.10 Å². The van der Waals surface area contributed by atoms with Crippen LogP contribution in [-0.2, 0) is 11.3 Å². The predicted molar refractivity (Wildman–Crippen MR) is 113 cm³/mol. The fourth-order valence-electron chi connectivity index (χ4n) is 4.29. The number of carbonyl (C=O) groups excluding carboxylic acids is 1. The molecule has 158 valence electrons. The number of morpholine rings is 1. The Balaban J connectivity index is 1.44. The molecule has 2 aromatic rings. The van der Waals surface area contributed by atoms with E-state index in [4.69, 9.17) is 4.74 Å². The number of hydrogen-bond donors (Lipinski definition) is 2. The first-order chi connectivity index (χ1) is 14.1. The highest BCUT2D eigenvalue weighted by molar-refractivity contribution is 7.13. The summed E-state index contributed by atoms with van der Waals surface area (Å²) in [4.78, 5) is 22.1. The Hall–Kier alpha value is -1.97. The molecular formula is C20H30N6O2S. The van der Waals surface area contributed by atoms with Gasteiger partial charge in [-0.3, -0.25) is 15.3 Å². The molecule has 2 fully saturated rings. The molecule has 0 unspecified atom stereocenters. The van der Waals surface area contributed by atoms with Gasteiger partial charge in [0.2, 0.25) is 0 Å². The van der Waals surface area contributed by atoms with E-state index in [0.29, 0.717) is 5.13 Å². The summed E-state index contributed by atoms with van der Waals surface area (Å²) in [6.07, 6.45) is 4.27. The average Bonchev–Trinajstić information content (AvgIpc) is 3.19. The van der Waals surface area contributed by atoms with E-state index in [2.05, 4.69) is 25.4 Å². The fraction of sp³-hybridized carbons (Fsp3) is 0.650. The summed E-state index contributed by atoms with van der Waals surface area (Å²) in [5, 5.41) is 13.2. The molecule has 29 heavy (non-hydrogen) atoms. The van der Waals surface area contributed by atoms with Crippen LogP contribution in [0.5, 0.6) is 0 Å². The van der Waals surface area contributed by atoms with Crippen molar-refractivity contribution in [2.45, 2.75) is 52.1 Å². The van der Waals surface area contributed by atoms with E-state index in [1.807, 2.05) is 24.1 Å². The molecule has 2 aliphatic rings. The number of urea groups is 1. The molecule has 4 heterocycles. The molecule has 2 aromatic heterocycles. The Morgan fingerprint density at radius 2 is 2.10 bits per heavy atom. The number of aromatic nitrogens is 3. The third-order valence-corrected chi connectivity index (χ3v) is 6.59. The van der Waals surface area contributed by atoms with Gasteiger partial charge in [-0.15, -0.1) is 11.3 Å². The predicted octanol–water partition coefficient (Wildman–Crippen LogP) is 3.46. The summed E-state index contributed by atoms with van der Waals surface area (Å²) in [6.45, 7) is 9.01. The molecule has 0 aromatic carbocycles. The van der Waals surface area contributed by atoms with E-state index in [-0.39, 0.29) is 12.1 Å². The lowest BCUT2D eigenvalue weighted by molar-refractivity contribution is 0.0337. The normalized spacial score (nSPS) is 21.2. The smallest absolute Gasteiger partial charge is 0.324 e. The molecule has 0 saturated carbocycles. The number of nitrogens with zero attached hydrogens (tertiary/aromatic N) is 4. The van der Waals surface area contributed by atoms with Crippen LogP contribution in [0.15, 0.2) is 5.38 Å². The zero-order valence-electron chi connectivity index (χ0n) is 17.2. The number of amides is 2. The van der Waals surface area contributed by atoms with Crippen molar-refractivity contribution >= 4 is 22.5 Å². The van der Waals surface area contributed by atoms with Crippen molar-refractivity contribution in [3.05, 3.63) is 28.0 Å². The van der Waals surface area contributed by atoms with Crippen LogP contribution in [-0.4, -0.2) is 63.9 Å². The van der Waals surface area contributed by atoms with Crippen LogP contribution in [0.25, 0.3) is 0 Å². The number of aromatic amines is 1. The number of aryl methyl sites for hydroxylation is 2. The van der Waals surface area contributed by atoms with Crippen LogP contribution in [0.3, 0.4) is 0 Å². The number of nitrogens with one attached hydrogen (secondary N) is 2. The third kappa shape index (κ3) is 4.79. The van der Waals surface area contributed by atoms with Crippen LogP contribution < -0.4 is 5.32 Å². The molecule has 9 heteroatoms. The molecule has 0 bridgehead atoms. The Bertz CT molecular complexity index is 809. The molecule has 2 amide bonds. The Morgan fingerprint density at radius 3 is 2.86 bits per heavy atom. The lowest BCUT2D eigenvalue weighted by Crippen LogP contribution is -2.38. The fourth-order valence-corrected chi connectivity index (χ4v) is 4.98. The van der Waals surface area contributed by atoms with Gasteiger partial charge in [0.15, 0.2) is 5.13 Å². The lowest BCUT2D eigenvalue weighted by Gasteiger charge is -2.30. The van der Waals surface area contributed by atoms with Crippen LogP contribution in [0.1, 0.15) is 54.4 Å². The standard InChI is InChI=1S/C20H30N6O2S/c1-14-18(15(2)24-23-14)17-6-4-3-5-7-26(17)20(27)22-19-21-16(13-29-19)12-25-8-10-28-11-9-25/h13,17H,3-12H2,1-2H3,(H,23,24)(H,21,22,27)/t17-/m1/s1. The number of thiazole rings is 1. The summed E-state index contributed by atoms with van der Waals surface area (Å²) in [6, 6.07) is -0.00629. The van der Waals surface area contributed by atoms with Gasteiger partial charge >= 0.3 is 6.03 Å². The maximum Gasteiger partial charge on any atom is 0.324 e. The Morgan fingerprint density at radius 1 is 1.28 bits per heavy atom. The zero-order valence-corrected chi connectivity index (χ0v) is 18.1. The molecule has 4 rings (SSSR count). The number of rotatable bonds is 4. The van der Waals surface area contributed by atoms with Crippen molar-refractivity contribution in [3.63, 3.8) is 0 Å². The van der Waals surface area contributed by atoms with Crippen molar-refractivity contribution in [2.24, 2.45) is 0 Å². The minimum atomic E-state index is -0.0656. The van der Waals surface area contributed by atoms with E-state index in [1.165, 1.54) is 11.3 Å². The van der Waals surface area contributed by atoms with Gasteiger partial charge in [0.1, 0.15) is 0 Å². The summed E-state index contributed by atoms with van der Waals surface area (Å²) in [5.41, 5.74) is 4.19. The van der Waals surface area contributed by atoms with Crippen LogP contribution in [0.2, 0.25) is 0 Å². The van der Waals surface area contributed by atoms with Crippen molar-refractivity contribution in [1.82, 2.24) is 25.0 Å². The van der Waals surface area contributed by atoms with Crippen LogP contribution >= 0.6 is 11.3 Å². The van der Waals surface area contributed by atoms with Crippen molar-refractivity contribution in [1.29, 1.82) is 0 Å². The highest BCUT2D eigenvalue weighted by Crippen LogP contribution is 2.33. The number of anilines is 1. The highest BCUT2D eigenvalue weighted by Gasteiger charge is 2.30. The van der Waals surface area contributed by atoms with E-state index in [1.54, 1.807) is 0 Å². The van der Waals surface area contributed by atoms with Gasteiger partial charge in [-0.1, -0.05) is 12.8 Å².